The second-order valence-corrected chi connectivity index (χ2v) is 6.45. The van der Waals surface area contributed by atoms with Gasteiger partial charge in [-0.15, -0.1) is 0 Å². The predicted octanol–water partition coefficient (Wildman–Crippen LogP) is 3.25. The van der Waals surface area contributed by atoms with Gasteiger partial charge < -0.3 is 24.7 Å². The van der Waals surface area contributed by atoms with E-state index in [0.29, 0.717) is 22.7 Å². The van der Waals surface area contributed by atoms with Crippen LogP contribution in [0.3, 0.4) is 0 Å². The number of anilines is 2. The van der Waals surface area contributed by atoms with E-state index in [2.05, 4.69) is 10.6 Å². The van der Waals surface area contributed by atoms with Crippen LogP contribution in [0.15, 0.2) is 71.3 Å². The lowest BCUT2D eigenvalue weighted by Crippen LogP contribution is -2.34. The third-order valence-corrected chi connectivity index (χ3v) is 4.22. The molecule has 0 aliphatic carbocycles. The molecular weight excluding hydrogens is 386 g/mol. The van der Waals surface area contributed by atoms with E-state index in [-0.39, 0.29) is 30.0 Å². The Morgan fingerprint density at radius 3 is 2.40 bits per heavy atom. The summed E-state index contributed by atoms with van der Waals surface area (Å²) in [4.78, 5) is 38.1. The molecule has 0 saturated carbocycles. The van der Waals surface area contributed by atoms with Crippen LogP contribution < -0.4 is 15.4 Å². The van der Waals surface area contributed by atoms with E-state index < -0.39 is 0 Å². The highest BCUT2D eigenvalue weighted by molar-refractivity contribution is 6.03. The molecular formula is C22H21N3O5. The predicted molar refractivity (Wildman–Crippen MR) is 112 cm³/mol. The lowest BCUT2D eigenvalue weighted by atomic mass is 10.2. The molecule has 154 valence electrons. The fourth-order valence-corrected chi connectivity index (χ4v) is 2.71. The Morgan fingerprint density at radius 2 is 1.73 bits per heavy atom. The zero-order chi connectivity index (χ0) is 21.5. The molecule has 8 heteroatoms. The van der Waals surface area contributed by atoms with Crippen molar-refractivity contribution in [3.63, 3.8) is 0 Å². The van der Waals surface area contributed by atoms with Crippen LogP contribution in [0.1, 0.15) is 20.9 Å². The fraction of sp³-hybridized carbons (Fsp3) is 0.136. The summed E-state index contributed by atoms with van der Waals surface area (Å²) < 4.78 is 10.2. The largest absolute Gasteiger partial charge is 0.497 e. The summed E-state index contributed by atoms with van der Waals surface area (Å²) in [6, 6.07) is 16.5. The Kier molecular flexibility index (Phi) is 6.49. The summed E-state index contributed by atoms with van der Waals surface area (Å²) in [7, 11) is 3.08. The Labute approximate surface area is 173 Å². The van der Waals surface area contributed by atoms with Crippen LogP contribution in [0.25, 0.3) is 0 Å². The van der Waals surface area contributed by atoms with Crippen molar-refractivity contribution in [2.24, 2.45) is 0 Å². The number of methoxy groups -OCH3 is 1. The molecule has 3 rings (SSSR count). The smallest absolute Gasteiger partial charge is 0.291 e. The number of benzene rings is 2. The third-order valence-electron chi connectivity index (χ3n) is 4.22. The van der Waals surface area contributed by atoms with Crippen molar-refractivity contribution in [1.29, 1.82) is 0 Å². The summed E-state index contributed by atoms with van der Waals surface area (Å²) in [5.74, 6) is -0.222. The maximum atomic E-state index is 12.6. The number of rotatable bonds is 7. The first-order chi connectivity index (χ1) is 14.5. The normalized spacial score (nSPS) is 10.2. The minimum Gasteiger partial charge on any atom is -0.497 e. The SMILES string of the molecule is COc1cccc(NC(=O)CN(C)C(=O)c2ccc(NC(=O)c3ccco3)cc2)c1. The van der Waals surface area contributed by atoms with E-state index in [9.17, 15) is 14.4 Å². The maximum Gasteiger partial charge on any atom is 0.291 e. The molecule has 8 nitrogen and oxygen atoms in total. The van der Waals surface area contributed by atoms with Crippen molar-refractivity contribution < 1.29 is 23.5 Å². The minimum atomic E-state index is -0.384. The van der Waals surface area contributed by atoms with Crippen molar-refractivity contribution in [1.82, 2.24) is 4.90 Å². The van der Waals surface area contributed by atoms with Crippen molar-refractivity contribution in [3.05, 3.63) is 78.3 Å². The molecule has 0 fully saturated rings. The van der Waals surface area contributed by atoms with Gasteiger partial charge in [0.05, 0.1) is 19.9 Å². The zero-order valence-electron chi connectivity index (χ0n) is 16.5. The summed E-state index contributed by atoms with van der Waals surface area (Å²) in [5, 5.41) is 5.41. The van der Waals surface area contributed by atoms with Crippen LogP contribution in [0.5, 0.6) is 5.75 Å². The highest BCUT2D eigenvalue weighted by atomic mass is 16.5. The summed E-state index contributed by atoms with van der Waals surface area (Å²) in [6.07, 6.45) is 1.41. The number of carbonyl (C=O) groups excluding carboxylic acids is 3. The maximum absolute atomic E-state index is 12.6. The summed E-state index contributed by atoms with van der Waals surface area (Å²) >= 11 is 0. The van der Waals surface area contributed by atoms with Gasteiger partial charge >= 0.3 is 0 Å². The van der Waals surface area contributed by atoms with Crippen molar-refractivity contribution in [3.8, 4) is 5.75 Å². The first kappa shape index (κ1) is 20.7. The second kappa shape index (κ2) is 9.42. The Hall–Kier alpha value is -4.07. The van der Waals surface area contributed by atoms with Gasteiger partial charge in [-0.3, -0.25) is 14.4 Å². The Balaban J connectivity index is 1.56. The molecule has 0 bridgehead atoms. The van der Waals surface area contributed by atoms with E-state index in [1.165, 1.54) is 11.2 Å². The van der Waals surface area contributed by atoms with Crippen molar-refractivity contribution >= 4 is 29.1 Å². The zero-order valence-corrected chi connectivity index (χ0v) is 16.5. The van der Waals surface area contributed by atoms with E-state index in [0.717, 1.165) is 0 Å². The molecule has 0 spiro atoms. The monoisotopic (exact) mass is 407 g/mol. The number of carbonyl (C=O) groups is 3. The van der Waals surface area contributed by atoms with Crippen LogP contribution in [0, 0.1) is 0 Å². The Bertz CT molecular complexity index is 1030. The molecule has 3 aromatic rings. The van der Waals surface area contributed by atoms with Crippen LogP contribution in [0.2, 0.25) is 0 Å². The molecule has 0 saturated heterocycles. The summed E-state index contributed by atoms with van der Waals surface area (Å²) in [6.45, 7) is -0.118. The molecule has 0 radical (unpaired) electrons. The van der Waals surface area contributed by atoms with Gasteiger partial charge in [0.1, 0.15) is 5.75 Å². The molecule has 2 N–H and O–H groups in total. The van der Waals surface area contributed by atoms with E-state index in [1.807, 2.05) is 0 Å². The minimum absolute atomic E-state index is 0.118. The van der Waals surface area contributed by atoms with Gasteiger partial charge in [0.25, 0.3) is 11.8 Å². The average Bonchev–Trinajstić information content (AvgIpc) is 3.29. The number of nitrogens with one attached hydrogen (secondary N) is 2. The molecule has 1 heterocycles. The second-order valence-electron chi connectivity index (χ2n) is 6.45. The highest BCUT2D eigenvalue weighted by Crippen LogP contribution is 2.17. The molecule has 0 unspecified atom stereocenters. The van der Waals surface area contributed by atoms with Gasteiger partial charge in [-0.2, -0.15) is 0 Å². The van der Waals surface area contributed by atoms with Gasteiger partial charge in [0, 0.05) is 30.1 Å². The van der Waals surface area contributed by atoms with Crippen LogP contribution in [0.4, 0.5) is 11.4 Å². The molecule has 30 heavy (non-hydrogen) atoms. The first-order valence-electron chi connectivity index (χ1n) is 9.10. The quantitative estimate of drug-likeness (QED) is 0.626. The van der Waals surface area contributed by atoms with Gasteiger partial charge in [0.2, 0.25) is 5.91 Å². The summed E-state index contributed by atoms with van der Waals surface area (Å²) in [5.41, 5.74) is 1.49. The average molecular weight is 407 g/mol. The van der Waals surface area contributed by atoms with Crippen LogP contribution >= 0.6 is 0 Å². The molecule has 0 aliphatic rings. The number of ether oxygens (including phenoxy) is 1. The fourth-order valence-electron chi connectivity index (χ4n) is 2.71. The van der Waals surface area contributed by atoms with E-state index >= 15 is 0 Å². The third kappa shape index (κ3) is 5.26. The van der Waals surface area contributed by atoms with Crippen molar-refractivity contribution in [2.45, 2.75) is 0 Å². The standard InChI is InChI=1S/C22H21N3O5/c1-25(14-20(26)23-17-5-3-6-18(13-17)29-2)22(28)15-8-10-16(11-9-15)24-21(27)19-7-4-12-30-19/h3-13H,14H2,1-2H3,(H,23,26)(H,24,27). The van der Waals surface area contributed by atoms with Gasteiger partial charge in [0.15, 0.2) is 5.76 Å². The molecule has 0 atom stereocenters. The Morgan fingerprint density at radius 1 is 0.967 bits per heavy atom. The lowest BCUT2D eigenvalue weighted by molar-refractivity contribution is -0.116. The van der Waals surface area contributed by atoms with E-state index in [1.54, 1.807) is 74.8 Å². The number of furan rings is 1. The number of hydrogen-bond donors (Lipinski definition) is 2. The number of likely N-dealkylation sites (N-methyl/N-ethyl adjacent to an activating group) is 1. The molecule has 1 aromatic heterocycles. The highest BCUT2D eigenvalue weighted by Gasteiger charge is 2.16. The lowest BCUT2D eigenvalue weighted by Gasteiger charge is -2.17. The van der Waals surface area contributed by atoms with Crippen molar-refractivity contribution in [2.75, 3.05) is 31.3 Å². The molecule has 2 aromatic carbocycles. The van der Waals surface area contributed by atoms with Gasteiger partial charge in [-0.1, -0.05) is 6.07 Å². The number of amides is 3. The first-order valence-corrected chi connectivity index (χ1v) is 9.10. The molecule has 3 amide bonds. The van der Waals surface area contributed by atoms with Gasteiger partial charge in [-0.25, -0.2) is 0 Å². The van der Waals surface area contributed by atoms with Crippen LogP contribution in [-0.4, -0.2) is 43.3 Å². The molecule has 0 aliphatic heterocycles. The number of nitrogens with zero attached hydrogens (tertiary/aromatic N) is 1. The topological polar surface area (TPSA) is 101 Å². The van der Waals surface area contributed by atoms with E-state index in [4.69, 9.17) is 9.15 Å². The number of hydrogen-bond acceptors (Lipinski definition) is 5. The van der Waals surface area contributed by atoms with Crippen LogP contribution in [-0.2, 0) is 4.79 Å². The van der Waals surface area contributed by atoms with Gasteiger partial charge in [-0.05, 0) is 48.5 Å².